The molecular formula is C23H24F3NO3S2. The largest absolute Gasteiger partial charge is 0.481 e. The number of hydrogen-bond acceptors (Lipinski definition) is 5. The summed E-state index contributed by atoms with van der Waals surface area (Å²) in [5.41, 5.74) is 1.72. The fourth-order valence-electron chi connectivity index (χ4n) is 3.21. The van der Waals surface area contributed by atoms with Crippen LogP contribution in [0.25, 0.3) is 11.3 Å². The third-order valence-electron chi connectivity index (χ3n) is 4.93. The molecule has 3 aromatic rings. The van der Waals surface area contributed by atoms with Crippen LogP contribution in [0.3, 0.4) is 0 Å². The van der Waals surface area contributed by atoms with Gasteiger partial charge in [-0.3, -0.25) is 4.79 Å². The molecule has 3 rings (SSSR count). The minimum absolute atomic E-state index is 0.0244. The van der Waals surface area contributed by atoms with E-state index in [2.05, 4.69) is 11.9 Å². The summed E-state index contributed by atoms with van der Waals surface area (Å²) < 4.78 is 45.4. The van der Waals surface area contributed by atoms with Crippen LogP contribution in [0.1, 0.15) is 47.2 Å². The van der Waals surface area contributed by atoms with Crippen LogP contribution in [0.4, 0.5) is 13.2 Å². The highest BCUT2D eigenvalue weighted by atomic mass is 32.2. The summed E-state index contributed by atoms with van der Waals surface area (Å²) in [5.74, 6) is 1.30. The Morgan fingerprint density at radius 1 is 1.22 bits per heavy atom. The lowest BCUT2D eigenvalue weighted by Crippen LogP contribution is -2.03. The zero-order chi connectivity index (χ0) is 23.3. The van der Waals surface area contributed by atoms with Crippen molar-refractivity contribution in [2.24, 2.45) is 0 Å². The average Bonchev–Trinajstić information content (AvgIpc) is 3.28. The van der Waals surface area contributed by atoms with Crippen LogP contribution in [0.15, 0.2) is 39.1 Å². The summed E-state index contributed by atoms with van der Waals surface area (Å²) in [5, 5.41) is 8.98. The van der Waals surface area contributed by atoms with E-state index in [1.165, 1.54) is 23.5 Å². The average molecular weight is 484 g/mol. The molecule has 2 heterocycles. The number of alkyl halides is 3. The van der Waals surface area contributed by atoms with Gasteiger partial charge in [0.1, 0.15) is 15.9 Å². The quantitative estimate of drug-likeness (QED) is 0.314. The van der Waals surface area contributed by atoms with E-state index in [0.717, 1.165) is 69.8 Å². The van der Waals surface area contributed by atoms with Gasteiger partial charge in [-0.15, -0.1) is 11.3 Å². The van der Waals surface area contributed by atoms with Crippen molar-refractivity contribution in [1.29, 1.82) is 0 Å². The molecule has 172 valence electrons. The van der Waals surface area contributed by atoms with E-state index >= 15 is 0 Å². The molecule has 0 atom stereocenters. The van der Waals surface area contributed by atoms with Gasteiger partial charge in [-0.2, -0.15) is 13.2 Å². The van der Waals surface area contributed by atoms with Crippen molar-refractivity contribution in [3.8, 4) is 11.3 Å². The number of hydrogen-bond donors (Lipinski definition) is 1. The number of nitrogens with zero attached hydrogens (tertiary/aromatic N) is 1. The molecule has 0 saturated heterocycles. The standard InChI is InChI=1S/C23H24F3NO3S2/c1-3-4-5-18-16(10-11-31-22-27-14(2)20(32-22)13-21(28)29)12-19(30-18)15-6-8-17(9-7-15)23(24,25)26/h6-9,12H,3-5,10-11,13H2,1-2H3,(H,28,29). The Morgan fingerprint density at radius 3 is 2.56 bits per heavy atom. The van der Waals surface area contributed by atoms with Crippen LogP contribution in [-0.2, 0) is 30.2 Å². The molecule has 0 aliphatic heterocycles. The van der Waals surface area contributed by atoms with Crippen molar-refractivity contribution in [2.75, 3.05) is 5.75 Å². The number of thioether (sulfide) groups is 1. The molecule has 0 fully saturated rings. The Bertz CT molecular complexity index is 1060. The number of carboxylic acid groups (broad SMARTS) is 1. The number of aliphatic carboxylic acids is 1. The van der Waals surface area contributed by atoms with Gasteiger partial charge in [0.15, 0.2) is 0 Å². The van der Waals surface area contributed by atoms with Crippen molar-refractivity contribution in [1.82, 2.24) is 4.98 Å². The first kappa shape index (κ1) is 24.4. The second kappa shape index (κ2) is 10.6. The molecule has 9 heteroatoms. The van der Waals surface area contributed by atoms with Gasteiger partial charge in [0.2, 0.25) is 0 Å². The molecule has 0 saturated carbocycles. The lowest BCUT2D eigenvalue weighted by molar-refractivity contribution is -0.138. The van der Waals surface area contributed by atoms with Crippen molar-refractivity contribution in [2.45, 2.75) is 56.5 Å². The summed E-state index contributed by atoms with van der Waals surface area (Å²) in [4.78, 5) is 16.2. The summed E-state index contributed by atoms with van der Waals surface area (Å²) in [7, 11) is 0. The first-order valence-electron chi connectivity index (χ1n) is 10.3. The number of carbonyl (C=O) groups is 1. The molecular weight excluding hydrogens is 459 g/mol. The molecule has 2 aromatic heterocycles. The summed E-state index contributed by atoms with van der Waals surface area (Å²) in [6.45, 7) is 3.91. The van der Waals surface area contributed by atoms with Crippen molar-refractivity contribution in [3.63, 3.8) is 0 Å². The molecule has 0 amide bonds. The Morgan fingerprint density at radius 2 is 1.94 bits per heavy atom. The molecule has 1 N–H and O–H groups in total. The highest BCUT2D eigenvalue weighted by Crippen LogP contribution is 2.34. The first-order valence-corrected chi connectivity index (χ1v) is 12.1. The van der Waals surface area contributed by atoms with Gasteiger partial charge >= 0.3 is 12.1 Å². The van der Waals surface area contributed by atoms with Gasteiger partial charge in [0.25, 0.3) is 0 Å². The van der Waals surface area contributed by atoms with Gasteiger partial charge in [-0.05, 0) is 43.5 Å². The highest BCUT2D eigenvalue weighted by Gasteiger charge is 2.30. The number of halogens is 3. The Kier molecular flexibility index (Phi) is 8.05. The lowest BCUT2D eigenvalue weighted by atomic mass is 10.1. The first-order chi connectivity index (χ1) is 15.2. The van der Waals surface area contributed by atoms with Gasteiger partial charge in [-0.25, -0.2) is 4.98 Å². The third kappa shape index (κ3) is 6.38. The van der Waals surface area contributed by atoms with E-state index in [-0.39, 0.29) is 6.42 Å². The Labute approximate surface area is 192 Å². The van der Waals surface area contributed by atoms with Gasteiger partial charge in [-0.1, -0.05) is 37.2 Å². The van der Waals surface area contributed by atoms with Crippen LogP contribution in [-0.4, -0.2) is 21.8 Å². The molecule has 0 radical (unpaired) electrons. The van der Waals surface area contributed by atoms with Crippen LogP contribution in [0.5, 0.6) is 0 Å². The maximum absolute atomic E-state index is 12.8. The Hall–Kier alpha value is -2.26. The Balaban J connectivity index is 1.71. The molecule has 0 unspecified atom stereocenters. The third-order valence-corrected chi connectivity index (χ3v) is 7.23. The van der Waals surface area contributed by atoms with E-state index in [4.69, 9.17) is 9.52 Å². The monoisotopic (exact) mass is 483 g/mol. The lowest BCUT2D eigenvalue weighted by Gasteiger charge is -2.06. The van der Waals surface area contributed by atoms with Crippen molar-refractivity contribution in [3.05, 3.63) is 57.8 Å². The number of rotatable bonds is 10. The van der Waals surface area contributed by atoms with Crippen LogP contribution >= 0.6 is 23.1 Å². The molecule has 0 aliphatic carbocycles. The predicted molar refractivity (Wildman–Crippen MR) is 120 cm³/mol. The second-order valence-corrected chi connectivity index (χ2v) is 9.82. The molecule has 1 aromatic carbocycles. The van der Waals surface area contributed by atoms with Gasteiger partial charge in [0.05, 0.1) is 17.7 Å². The normalized spacial score (nSPS) is 11.8. The fourth-order valence-corrected chi connectivity index (χ4v) is 5.47. The zero-order valence-corrected chi connectivity index (χ0v) is 19.4. The molecule has 0 aliphatic rings. The number of furan rings is 1. The van der Waals surface area contributed by atoms with E-state index in [1.54, 1.807) is 11.8 Å². The molecule has 0 spiro atoms. The number of unbranched alkanes of at least 4 members (excludes halogenated alkanes) is 1. The van der Waals surface area contributed by atoms with Gasteiger partial charge < -0.3 is 9.52 Å². The predicted octanol–water partition coefficient (Wildman–Crippen LogP) is 7.03. The van der Waals surface area contributed by atoms with E-state index in [1.807, 2.05) is 13.0 Å². The zero-order valence-electron chi connectivity index (χ0n) is 17.8. The van der Waals surface area contributed by atoms with Gasteiger partial charge in [0, 0.05) is 22.6 Å². The van der Waals surface area contributed by atoms with Crippen LogP contribution in [0.2, 0.25) is 0 Å². The fraction of sp³-hybridized carbons (Fsp3) is 0.391. The second-order valence-electron chi connectivity index (χ2n) is 7.40. The SMILES string of the molecule is CCCCc1oc(-c2ccc(C(F)(F)F)cc2)cc1CCSc1nc(C)c(CC(=O)O)s1. The number of benzene rings is 1. The number of aryl methyl sites for hydroxylation is 3. The molecule has 4 nitrogen and oxygen atoms in total. The minimum Gasteiger partial charge on any atom is -0.481 e. The topological polar surface area (TPSA) is 63.3 Å². The summed E-state index contributed by atoms with van der Waals surface area (Å²) in [6, 6.07) is 6.92. The highest BCUT2D eigenvalue weighted by molar-refractivity contribution is 8.01. The molecule has 0 bridgehead atoms. The van der Waals surface area contributed by atoms with E-state index < -0.39 is 17.7 Å². The smallest absolute Gasteiger partial charge is 0.416 e. The maximum atomic E-state index is 12.8. The van der Waals surface area contributed by atoms with Crippen LogP contribution < -0.4 is 0 Å². The summed E-state index contributed by atoms with van der Waals surface area (Å²) >= 11 is 2.97. The van der Waals surface area contributed by atoms with E-state index in [0.29, 0.717) is 11.3 Å². The van der Waals surface area contributed by atoms with E-state index in [9.17, 15) is 18.0 Å². The van der Waals surface area contributed by atoms with Crippen molar-refractivity contribution >= 4 is 29.1 Å². The molecule has 32 heavy (non-hydrogen) atoms. The summed E-state index contributed by atoms with van der Waals surface area (Å²) in [6.07, 6.45) is -0.922. The number of thiazole rings is 1. The number of carboxylic acids is 1. The maximum Gasteiger partial charge on any atom is 0.416 e. The minimum atomic E-state index is -4.37. The van der Waals surface area contributed by atoms with Crippen LogP contribution in [0, 0.1) is 6.92 Å². The van der Waals surface area contributed by atoms with Crippen molar-refractivity contribution < 1.29 is 27.5 Å². The number of aromatic nitrogens is 1.